The number of imide groups is 1. The van der Waals surface area contributed by atoms with E-state index in [0.717, 1.165) is 4.70 Å². The number of carbonyl (C=O) groups is 3. The Morgan fingerprint density at radius 1 is 1.19 bits per heavy atom. The number of nitrogens with zero attached hydrogens (tertiary/aromatic N) is 2. The summed E-state index contributed by atoms with van der Waals surface area (Å²) < 4.78 is 5.71. The van der Waals surface area contributed by atoms with Crippen molar-refractivity contribution in [3.8, 4) is 0 Å². The third-order valence-electron chi connectivity index (χ3n) is 3.08. The van der Waals surface area contributed by atoms with Crippen LogP contribution in [-0.4, -0.2) is 34.0 Å². The van der Waals surface area contributed by atoms with Crippen molar-refractivity contribution < 1.29 is 19.1 Å². The fourth-order valence-corrected chi connectivity index (χ4v) is 3.63. The van der Waals surface area contributed by atoms with E-state index in [2.05, 4.69) is 20.6 Å². The first-order valence-electron chi connectivity index (χ1n) is 7.55. The van der Waals surface area contributed by atoms with Crippen molar-refractivity contribution in [3.05, 3.63) is 40.5 Å². The van der Waals surface area contributed by atoms with Crippen molar-refractivity contribution in [3.63, 3.8) is 0 Å². The summed E-state index contributed by atoms with van der Waals surface area (Å²) in [7, 11) is 0. The van der Waals surface area contributed by atoms with Gasteiger partial charge >= 0.3 is 6.09 Å². The molecule has 3 amide bonds. The van der Waals surface area contributed by atoms with Gasteiger partial charge in [0.25, 0.3) is 11.8 Å². The molecule has 0 saturated carbocycles. The van der Waals surface area contributed by atoms with Crippen LogP contribution < -0.4 is 10.6 Å². The summed E-state index contributed by atoms with van der Waals surface area (Å²) in [6, 6.07) is 3.29. The Morgan fingerprint density at radius 3 is 2.73 bits per heavy atom. The molecule has 0 saturated heterocycles. The SMILES string of the molecule is CC(C)OC(=O)NC(=O)c1ccsc1NC(=O)c1nc2cnccc2s1. The van der Waals surface area contributed by atoms with Crippen LogP contribution in [-0.2, 0) is 4.74 Å². The smallest absolute Gasteiger partial charge is 0.414 e. The van der Waals surface area contributed by atoms with Crippen molar-refractivity contribution in [2.75, 3.05) is 5.32 Å². The van der Waals surface area contributed by atoms with E-state index in [-0.39, 0.29) is 16.7 Å². The molecule has 8 nitrogen and oxygen atoms in total. The lowest BCUT2D eigenvalue weighted by molar-refractivity contribution is 0.0877. The van der Waals surface area contributed by atoms with E-state index in [1.165, 1.54) is 28.7 Å². The first-order chi connectivity index (χ1) is 12.4. The van der Waals surface area contributed by atoms with E-state index in [9.17, 15) is 14.4 Å². The van der Waals surface area contributed by atoms with Crippen LogP contribution in [0.5, 0.6) is 0 Å². The summed E-state index contributed by atoms with van der Waals surface area (Å²) in [5.41, 5.74) is 0.801. The number of alkyl carbamates (subject to hydrolysis) is 1. The second-order valence-corrected chi connectivity index (χ2v) is 7.33. The number of amides is 3. The Bertz CT molecular complexity index is 946. The van der Waals surface area contributed by atoms with Crippen LogP contribution in [0.15, 0.2) is 29.9 Å². The zero-order valence-corrected chi connectivity index (χ0v) is 15.4. The van der Waals surface area contributed by atoms with Crippen LogP contribution in [0.3, 0.4) is 0 Å². The standard InChI is InChI=1S/C16H14N4O4S2/c1-8(2)24-16(23)20-12(21)9-4-6-25-14(9)19-13(22)15-18-10-7-17-5-3-11(10)26-15/h3-8H,1-2H3,(H,19,22)(H,20,21,23). The number of ether oxygens (including phenoxy) is 1. The Hall–Kier alpha value is -2.85. The van der Waals surface area contributed by atoms with E-state index in [4.69, 9.17) is 4.74 Å². The van der Waals surface area contributed by atoms with Gasteiger partial charge in [-0.3, -0.25) is 19.9 Å². The number of thiazole rings is 1. The molecule has 10 heteroatoms. The van der Waals surface area contributed by atoms with Gasteiger partial charge in [0.05, 0.1) is 22.6 Å². The lowest BCUT2D eigenvalue weighted by Crippen LogP contribution is -2.32. The first kappa shape index (κ1) is 18.0. The Morgan fingerprint density at radius 2 is 2.00 bits per heavy atom. The Balaban J connectivity index is 1.72. The number of anilines is 1. The monoisotopic (exact) mass is 390 g/mol. The molecule has 0 aliphatic rings. The van der Waals surface area contributed by atoms with Crippen LogP contribution in [0.2, 0.25) is 0 Å². The maximum atomic E-state index is 12.4. The van der Waals surface area contributed by atoms with Gasteiger partial charge in [0.15, 0.2) is 5.01 Å². The molecular weight excluding hydrogens is 376 g/mol. The number of thiophene rings is 1. The molecule has 0 unspecified atom stereocenters. The van der Waals surface area contributed by atoms with Gasteiger partial charge in [-0.15, -0.1) is 22.7 Å². The van der Waals surface area contributed by atoms with Crippen molar-refractivity contribution in [1.29, 1.82) is 0 Å². The molecule has 0 aromatic carbocycles. The number of hydrogen-bond acceptors (Lipinski definition) is 8. The molecule has 0 fully saturated rings. The van der Waals surface area contributed by atoms with Gasteiger partial charge in [-0.05, 0) is 31.4 Å². The Labute approximate surface area is 156 Å². The number of aromatic nitrogens is 2. The molecule has 134 valence electrons. The van der Waals surface area contributed by atoms with Crippen LogP contribution in [0.25, 0.3) is 10.2 Å². The van der Waals surface area contributed by atoms with Gasteiger partial charge in [-0.2, -0.15) is 0 Å². The van der Waals surface area contributed by atoms with Crippen LogP contribution in [0.4, 0.5) is 9.80 Å². The summed E-state index contributed by atoms with van der Waals surface area (Å²) in [4.78, 5) is 44.4. The third-order valence-corrected chi connectivity index (χ3v) is 4.94. The number of pyridine rings is 1. The summed E-state index contributed by atoms with van der Waals surface area (Å²) in [5.74, 6) is -1.09. The molecule has 0 aliphatic carbocycles. The maximum Gasteiger partial charge on any atom is 0.414 e. The molecule has 2 N–H and O–H groups in total. The average molecular weight is 390 g/mol. The quantitative estimate of drug-likeness (QED) is 0.707. The zero-order valence-electron chi connectivity index (χ0n) is 13.8. The largest absolute Gasteiger partial charge is 0.447 e. The van der Waals surface area contributed by atoms with Crippen LogP contribution in [0, 0.1) is 0 Å². The van der Waals surface area contributed by atoms with Gasteiger partial charge in [0.2, 0.25) is 0 Å². The summed E-state index contributed by atoms with van der Waals surface area (Å²) >= 11 is 2.39. The van der Waals surface area contributed by atoms with Crippen LogP contribution >= 0.6 is 22.7 Å². The number of hydrogen-bond donors (Lipinski definition) is 2. The summed E-state index contributed by atoms with van der Waals surface area (Å²) in [6.45, 7) is 3.35. The second kappa shape index (κ2) is 7.58. The first-order valence-corrected chi connectivity index (χ1v) is 9.25. The highest BCUT2D eigenvalue weighted by Crippen LogP contribution is 2.26. The number of nitrogens with one attached hydrogen (secondary N) is 2. The van der Waals surface area contributed by atoms with Crippen molar-refractivity contribution in [2.45, 2.75) is 20.0 Å². The average Bonchev–Trinajstić information content (AvgIpc) is 3.20. The minimum atomic E-state index is -0.841. The molecule has 3 heterocycles. The summed E-state index contributed by atoms with van der Waals surface area (Å²) in [5, 5.41) is 7.00. The van der Waals surface area contributed by atoms with Gasteiger partial charge in [0.1, 0.15) is 10.5 Å². The highest BCUT2D eigenvalue weighted by atomic mass is 32.1. The third kappa shape index (κ3) is 4.03. The second-order valence-electron chi connectivity index (χ2n) is 5.39. The molecule has 0 atom stereocenters. The predicted molar refractivity (Wildman–Crippen MR) is 98.8 cm³/mol. The fraction of sp³-hybridized carbons (Fsp3) is 0.188. The topological polar surface area (TPSA) is 110 Å². The van der Waals surface area contributed by atoms with Crippen LogP contribution in [0.1, 0.15) is 34.0 Å². The summed E-state index contributed by atoms with van der Waals surface area (Å²) in [6.07, 6.45) is 2.01. The van der Waals surface area contributed by atoms with E-state index in [1.54, 1.807) is 37.7 Å². The van der Waals surface area contributed by atoms with Crippen molar-refractivity contribution in [1.82, 2.24) is 15.3 Å². The molecule has 3 rings (SSSR count). The number of rotatable bonds is 4. The molecule has 0 spiro atoms. The molecule has 0 bridgehead atoms. The molecule has 3 aromatic heterocycles. The highest BCUT2D eigenvalue weighted by molar-refractivity contribution is 7.20. The normalized spacial score (nSPS) is 10.7. The van der Waals surface area contributed by atoms with E-state index in [1.807, 2.05) is 0 Å². The van der Waals surface area contributed by atoms with E-state index < -0.39 is 17.9 Å². The zero-order chi connectivity index (χ0) is 18.7. The van der Waals surface area contributed by atoms with Gasteiger partial charge in [-0.25, -0.2) is 9.78 Å². The molecular formula is C16H14N4O4S2. The van der Waals surface area contributed by atoms with Gasteiger partial charge in [0, 0.05) is 6.20 Å². The van der Waals surface area contributed by atoms with Gasteiger partial charge < -0.3 is 10.1 Å². The predicted octanol–water partition coefficient (Wildman–Crippen LogP) is 3.28. The van der Waals surface area contributed by atoms with E-state index >= 15 is 0 Å². The molecule has 0 aliphatic heterocycles. The fourth-order valence-electron chi connectivity index (χ4n) is 2.02. The van der Waals surface area contributed by atoms with Crippen molar-refractivity contribution in [2.24, 2.45) is 0 Å². The minimum absolute atomic E-state index is 0.173. The molecule has 0 radical (unpaired) electrons. The number of fused-ring (bicyclic) bond motifs is 1. The number of carbonyl (C=O) groups excluding carboxylic acids is 3. The van der Waals surface area contributed by atoms with Crippen molar-refractivity contribution >= 4 is 55.8 Å². The molecule has 3 aromatic rings. The molecule has 26 heavy (non-hydrogen) atoms. The maximum absolute atomic E-state index is 12.4. The van der Waals surface area contributed by atoms with Gasteiger partial charge in [-0.1, -0.05) is 0 Å². The minimum Gasteiger partial charge on any atom is -0.447 e. The van der Waals surface area contributed by atoms with E-state index in [0.29, 0.717) is 10.5 Å². The highest BCUT2D eigenvalue weighted by Gasteiger charge is 2.20. The lowest BCUT2D eigenvalue weighted by Gasteiger charge is -2.09. The lowest BCUT2D eigenvalue weighted by atomic mass is 10.3. The Kier molecular flexibility index (Phi) is 5.24.